The van der Waals surface area contributed by atoms with Gasteiger partial charge in [0.15, 0.2) is 0 Å². The number of likely N-dealkylation sites (tertiary alicyclic amines) is 1. The zero-order valence-corrected chi connectivity index (χ0v) is 11.0. The number of piperidine rings is 1. The van der Waals surface area contributed by atoms with E-state index in [2.05, 4.69) is 27.0 Å². The van der Waals surface area contributed by atoms with Crippen molar-refractivity contribution in [2.75, 3.05) is 26.2 Å². The van der Waals surface area contributed by atoms with Gasteiger partial charge in [0.1, 0.15) is 0 Å². The van der Waals surface area contributed by atoms with Crippen LogP contribution in [-0.4, -0.2) is 31.1 Å². The molecule has 0 aliphatic carbocycles. The third-order valence-corrected chi connectivity index (χ3v) is 4.51. The summed E-state index contributed by atoms with van der Waals surface area (Å²) in [5, 5.41) is 7.98. The lowest BCUT2D eigenvalue weighted by molar-refractivity contribution is 0.142. The van der Waals surface area contributed by atoms with Crippen molar-refractivity contribution in [3.8, 4) is 0 Å². The summed E-state index contributed by atoms with van der Waals surface area (Å²) in [5.41, 5.74) is 1.49. The van der Waals surface area contributed by atoms with Crippen LogP contribution in [0.4, 0.5) is 0 Å². The Kier molecular flexibility index (Phi) is 4.25. The Morgan fingerprint density at radius 3 is 3.06 bits per heavy atom. The molecule has 0 spiro atoms. The van der Waals surface area contributed by atoms with Gasteiger partial charge in [-0.3, -0.25) is 4.90 Å². The number of rotatable bonds is 2. The summed E-state index contributed by atoms with van der Waals surface area (Å²) in [6, 6.07) is 2.25. The second-order valence-corrected chi connectivity index (χ2v) is 5.61. The first-order chi connectivity index (χ1) is 7.42. The highest BCUT2D eigenvalue weighted by Gasteiger charge is 2.32. The molecule has 0 radical (unpaired) electrons. The van der Waals surface area contributed by atoms with E-state index in [1.165, 1.54) is 38.2 Å². The molecule has 0 bridgehead atoms. The average Bonchev–Trinajstić information content (AvgIpc) is 2.87. The van der Waals surface area contributed by atoms with Gasteiger partial charge in [0.25, 0.3) is 0 Å². The molecule has 0 aromatic carbocycles. The van der Waals surface area contributed by atoms with Crippen molar-refractivity contribution in [2.45, 2.75) is 13.0 Å². The standard InChI is InChI=1S/C12H18N2S.ClH/c1-3-14(7-10-2-4-15-9-10)8-12-6-13-5-11(1)12;/h2,4,9,11-13H,1,3,5-8H2;1H. The minimum atomic E-state index is 0. The monoisotopic (exact) mass is 258 g/mol. The largest absolute Gasteiger partial charge is 0.316 e. The van der Waals surface area contributed by atoms with Crippen molar-refractivity contribution >= 4 is 23.7 Å². The van der Waals surface area contributed by atoms with E-state index in [1.807, 2.05) is 11.3 Å². The summed E-state index contributed by atoms with van der Waals surface area (Å²) in [6.07, 6.45) is 1.39. The van der Waals surface area contributed by atoms with Gasteiger partial charge >= 0.3 is 0 Å². The second kappa shape index (κ2) is 5.50. The molecule has 0 amide bonds. The predicted molar refractivity (Wildman–Crippen MR) is 71.3 cm³/mol. The molecule has 3 heterocycles. The van der Waals surface area contributed by atoms with E-state index < -0.39 is 0 Å². The van der Waals surface area contributed by atoms with Crippen LogP contribution in [0.2, 0.25) is 0 Å². The van der Waals surface area contributed by atoms with Crippen LogP contribution in [0.25, 0.3) is 0 Å². The summed E-state index contributed by atoms with van der Waals surface area (Å²) >= 11 is 1.81. The lowest BCUT2D eigenvalue weighted by atomic mass is 9.88. The van der Waals surface area contributed by atoms with Gasteiger partial charge in [-0.15, -0.1) is 12.4 Å². The highest BCUT2D eigenvalue weighted by molar-refractivity contribution is 7.07. The Morgan fingerprint density at radius 1 is 1.38 bits per heavy atom. The number of hydrogen-bond donors (Lipinski definition) is 1. The summed E-state index contributed by atoms with van der Waals surface area (Å²) in [4.78, 5) is 2.62. The normalized spacial score (nSPS) is 29.8. The van der Waals surface area contributed by atoms with Crippen molar-refractivity contribution in [1.82, 2.24) is 10.2 Å². The third-order valence-electron chi connectivity index (χ3n) is 3.77. The molecule has 2 fully saturated rings. The first-order valence-electron chi connectivity index (χ1n) is 5.86. The molecule has 3 rings (SSSR count). The molecule has 16 heavy (non-hydrogen) atoms. The van der Waals surface area contributed by atoms with Crippen molar-refractivity contribution in [3.05, 3.63) is 22.4 Å². The van der Waals surface area contributed by atoms with Crippen molar-refractivity contribution in [1.29, 1.82) is 0 Å². The van der Waals surface area contributed by atoms with Gasteiger partial charge in [0.05, 0.1) is 0 Å². The molecular formula is C12H19ClN2S. The first-order valence-corrected chi connectivity index (χ1v) is 6.80. The van der Waals surface area contributed by atoms with Gasteiger partial charge in [-0.2, -0.15) is 11.3 Å². The molecule has 90 valence electrons. The molecule has 2 aliphatic heterocycles. The van der Waals surface area contributed by atoms with Crippen LogP contribution in [0.15, 0.2) is 16.8 Å². The van der Waals surface area contributed by atoms with Gasteiger partial charge in [-0.05, 0) is 60.3 Å². The predicted octanol–water partition coefficient (Wildman–Crippen LogP) is 2.21. The molecule has 2 atom stereocenters. The lowest BCUT2D eigenvalue weighted by Gasteiger charge is -2.34. The summed E-state index contributed by atoms with van der Waals surface area (Å²) in [7, 11) is 0. The molecule has 4 heteroatoms. The number of nitrogens with one attached hydrogen (secondary N) is 1. The van der Waals surface area contributed by atoms with Gasteiger partial charge < -0.3 is 5.32 Å². The SMILES string of the molecule is Cl.c1cc(CN2CCC3CNCC3C2)cs1. The zero-order chi connectivity index (χ0) is 10.1. The van der Waals surface area contributed by atoms with E-state index in [0.717, 1.165) is 18.4 Å². The van der Waals surface area contributed by atoms with Gasteiger partial charge in [0, 0.05) is 13.1 Å². The molecule has 2 nitrogen and oxygen atoms in total. The number of halogens is 1. The Bertz CT molecular complexity index is 315. The topological polar surface area (TPSA) is 15.3 Å². The fourth-order valence-corrected chi connectivity index (χ4v) is 3.55. The van der Waals surface area contributed by atoms with Gasteiger partial charge in [-0.25, -0.2) is 0 Å². The van der Waals surface area contributed by atoms with E-state index in [4.69, 9.17) is 0 Å². The fraction of sp³-hybridized carbons (Fsp3) is 0.667. The minimum absolute atomic E-state index is 0. The summed E-state index contributed by atoms with van der Waals surface area (Å²) < 4.78 is 0. The molecular weight excluding hydrogens is 240 g/mol. The maximum Gasteiger partial charge on any atom is 0.0242 e. The van der Waals surface area contributed by atoms with Crippen molar-refractivity contribution < 1.29 is 0 Å². The van der Waals surface area contributed by atoms with Crippen molar-refractivity contribution in [2.24, 2.45) is 11.8 Å². The van der Waals surface area contributed by atoms with Crippen LogP contribution in [-0.2, 0) is 6.54 Å². The fourth-order valence-electron chi connectivity index (χ4n) is 2.89. The smallest absolute Gasteiger partial charge is 0.0242 e. The second-order valence-electron chi connectivity index (χ2n) is 4.83. The Balaban J connectivity index is 0.000000963. The zero-order valence-electron chi connectivity index (χ0n) is 9.39. The molecule has 2 unspecified atom stereocenters. The quantitative estimate of drug-likeness (QED) is 0.875. The minimum Gasteiger partial charge on any atom is -0.316 e. The van der Waals surface area contributed by atoms with E-state index in [0.29, 0.717) is 0 Å². The number of hydrogen-bond acceptors (Lipinski definition) is 3. The van der Waals surface area contributed by atoms with Crippen molar-refractivity contribution in [3.63, 3.8) is 0 Å². The van der Waals surface area contributed by atoms with Crippen LogP contribution < -0.4 is 5.32 Å². The first kappa shape index (κ1) is 12.4. The molecule has 1 aromatic heterocycles. The van der Waals surface area contributed by atoms with Crippen LogP contribution in [0.5, 0.6) is 0 Å². The molecule has 2 saturated heterocycles. The van der Waals surface area contributed by atoms with E-state index in [-0.39, 0.29) is 12.4 Å². The summed E-state index contributed by atoms with van der Waals surface area (Å²) in [6.45, 7) is 6.25. The third kappa shape index (κ3) is 2.59. The van der Waals surface area contributed by atoms with Crippen LogP contribution in [0.3, 0.4) is 0 Å². The van der Waals surface area contributed by atoms with E-state index in [9.17, 15) is 0 Å². The summed E-state index contributed by atoms with van der Waals surface area (Å²) in [5.74, 6) is 1.88. The maximum atomic E-state index is 3.52. The van der Waals surface area contributed by atoms with Crippen LogP contribution in [0, 0.1) is 11.8 Å². The number of thiophene rings is 1. The Morgan fingerprint density at radius 2 is 2.25 bits per heavy atom. The molecule has 1 N–H and O–H groups in total. The number of nitrogens with zero attached hydrogens (tertiary/aromatic N) is 1. The van der Waals surface area contributed by atoms with Gasteiger partial charge in [0.2, 0.25) is 0 Å². The molecule has 0 saturated carbocycles. The average molecular weight is 259 g/mol. The van der Waals surface area contributed by atoms with Gasteiger partial charge in [-0.1, -0.05) is 0 Å². The molecule has 2 aliphatic rings. The van der Waals surface area contributed by atoms with E-state index in [1.54, 1.807) is 0 Å². The highest BCUT2D eigenvalue weighted by atomic mass is 35.5. The maximum absolute atomic E-state index is 3.52. The number of fused-ring (bicyclic) bond motifs is 1. The van der Waals surface area contributed by atoms with Crippen LogP contribution >= 0.6 is 23.7 Å². The van der Waals surface area contributed by atoms with E-state index >= 15 is 0 Å². The Labute approximate surface area is 107 Å². The lowest BCUT2D eigenvalue weighted by Crippen LogP contribution is -2.39. The molecule has 1 aromatic rings. The highest BCUT2D eigenvalue weighted by Crippen LogP contribution is 2.27. The van der Waals surface area contributed by atoms with Crippen LogP contribution in [0.1, 0.15) is 12.0 Å². The Hall–Kier alpha value is -0.0900.